The van der Waals surface area contributed by atoms with Gasteiger partial charge in [0.2, 0.25) is 5.91 Å². The molecule has 0 bridgehead atoms. The van der Waals surface area contributed by atoms with Gasteiger partial charge in [-0.2, -0.15) is 10.2 Å². The van der Waals surface area contributed by atoms with E-state index in [4.69, 9.17) is 0 Å². The van der Waals surface area contributed by atoms with Crippen LogP contribution in [0.1, 0.15) is 24.4 Å². The van der Waals surface area contributed by atoms with Gasteiger partial charge in [-0.05, 0) is 36.7 Å². The largest absolute Gasteiger partial charge is 0.307 e. The lowest BCUT2D eigenvalue weighted by Crippen LogP contribution is -2.25. The smallest absolute Gasteiger partial charge is 0.250 e. The van der Waals surface area contributed by atoms with Gasteiger partial charge in [0, 0.05) is 19.3 Å². The van der Waals surface area contributed by atoms with Gasteiger partial charge in [0.15, 0.2) is 5.82 Å². The Kier molecular flexibility index (Phi) is 3.75. The number of anilines is 1. The van der Waals surface area contributed by atoms with Crippen LogP contribution in [0.4, 0.5) is 5.82 Å². The van der Waals surface area contributed by atoms with E-state index in [1.54, 1.807) is 28.7 Å². The lowest BCUT2D eigenvalue weighted by Gasteiger charge is -2.13. The highest BCUT2D eigenvalue weighted by atomic mass is 79.9. The van der Waals surface area contributed by atoms with Crippen molar-refractivity contribution in [2.45, 2.75) is 26.8 Å². The monoisotopic (exact) mass is 325 g/mol. The first-order valence-corrected chi connectivity index (χ1v) is 6.71. The highest BCUT2D eigenvalue weighted by Crippen LogP contribution is 2.23. The summed E-state index contributed by atoms with van der Waals surface area (Å²) in [6.07, 6.45) is 1.78. The quantitative estimate of drug-likeness (QED) is 0.940. The molecule has 0 spiro atoms. The van der Waals surface area contributed by atoms with Gasteiger partial charge in [-0.15, -0.1) is 0 Å². The zero-order chi connectivity index (χ0) is 14.2. The van der Waals surface area contributed by atoms with Crippen LogP contribution in [0, 0.1) is 13.8 Å². The fourth-order valence-corrected chi connectivity index (χ4v) is 2.10. The van der Waals surface area contributed by atoms with Crippen molar-refractivity contribution < 1.29 is 4.79 Å². The number of hydrogen-bond acceptors (Lipinski definition) is 3. The summed E-state index contributed by atoms with van der Waals surface area (Å²) in [6.45, 7) is 5.63. The molecule has 2 aromatic rings. The minimum Gasteiger partial charge on any atom is -0.307 e. The van der Waals surface area contributed by atoms with Crippen molar-refractivity contribution in [1.29, 1.82) is 0 Å². The van der Waals surface area contributed by atoms with Crippen molar-refractivity contribution in [2.75, 3.05) is 5.32 Å². The van der Waals surface area contributed by atoms with Crippen LogP contribution in [-0.4, -0.2) is 25.5 Å². The first-order chi connectivity index (χ1) is 8.90. The van der Waals surface area contributed by atoms with E-state index in [1.165, 1.54) is 0 Å². The number of nitrogens with one attached hydrogen (secondary N) is 1. The number of nitrogens with zero attached hydrogens (tertiary/aromatic N) is 4. The standard InChI is InChI=1S/C12H16BrN5O/c1-7-11(13)8(2)18(15-7)9(3)12(19)14-10-5-6-17(4)16-10/h5-6,9H,1-4H3,(H,14,16,19). The van der Waals surface area contributed by atoms with Gasteiger partial charge in [0.05, 0.1) is 15.9 Å². The fraction of sp³-hybridized carbons (Fsp3) is 0.417. The summed E-state index contributed by atoms with van der Waals surface area (Å²) >= 11 is 3.46. The second kappa shape index (κ2) is 5.16. The third-order valence-electron chi connectivity index (χ3n) is 2.95. The Bertz CT molecular complexity index is 616. The molecule has 0 aromatic carbocycles. The molecule has 7 heteroatoms. The van der Waals surface area contributed by atoms with Crippen LogP contribution in [0.25, 0.3) is 0 Å². The summed E-state index contributed by atoms with van der Waals surface area (Å²) in [7, 11) is 1.80. The number of hydrogen-bond donors (Lipinski definition) is 1. The van der Waals surface area contributed by atoms with Crippen LogP contribution in [0.15, 0.2) is 16.7 Å². The second-order valence-electron chi connectivity index (χ2n) is 4.47. The molecule has 0 aliphatic heterocycles. The van der Waals surface area contributed by atoms with Crippen LogP contribution in [0.3, 0.4) is 0 Å². The number of carbonyl (C=O) groups excluding carboxylic acids is 1. The molecule has 2 rings (SSSR count). The Hall–Kier alpha value is -1.63. The lowest BCUT2D eigenvalue weighted by atomic mass is 10.3. The number of aryl methyl sites for hydroxylation is 2. The Labute approximate surface area is 119 Å². The van der Waals surface area contributed by atoms with Crippen LogP contribution in [0.2, 0.25) is 0 Å². The molecular weight excluding hydrogens is 310 g/mol. The molecule has 2 aromatic heterocycles. The average Bonchev–Trinajstić information content (AvgIpc) is 2.87. The van der Waals surface area contributed by atoms with Gasteiger partial charge < -0.3 is 5.32 Å². The highest BCUT2D eigenvalue weighted by molar-refractivity contribution is 9.10. The van der Waals surface area contributed by atoms with E-state index in [-0.39, 0.29) is 5.91 Å². The van der Waals surface area contributed by atoms with Crippen LogP contribution in [-0.2, 0) is 11.8 Å². The van der Waals surface area contributed by atoms with Crippen LogP contribution >= 0.6 is 15.9 Å². The molecule has 6 nitrogen and oxygen atoms in total. The van der Waals surface area contributed by atoms with E-state index in [9.17, 15) is 4.79 Å². The summed E-state index contributed by atoms with van der Waals surface area (Å²) in [5, 5.41) is 11.2. The predicted molar refractivity (Wildman–Crippen MR) is 75.9 cm³/mol. The van der Waals surface area contributed by atoms with E-state index in [0.717, 1.165) is 15.9 Å². The molecule has 19 heavy (non-hydrogen) atoms. The summed E-state index contributed by atoms with van der Waals surface area (Å²) in [4.78, 5) is 12.2. The average molecular weight is 326 g/mol. The van der Waals surface area contributed by atoms with Gasteiger partial charge in [-0.25, -0.2) is 0 Å². The summed E-state index contributed by atoms with van der Waals surface area (Å²) < 4.78 is 4.28. The van der Waals surface area contributed by atoms with Gasteiger partial charge in [-0.3, -0.25) is 14.2 Å². The highest BCUT2D eigenvalue weighted by Gasteiger charge is 2.20. The van der Waals surface area contributed by atoms with Crippen LogP contribution in [0.5, 0.6) is 0 Å². The van der Waals surface area contributed by atoms with Gasteiger partial charge >= 0.3 is 0 Å². The molecular formula is C12H16BrN5O. The summed E-state index contributed by atoms with van der Waals surface area (Å²) in [5.41, 5.74) is 1.80. The number of carbonyl (C=O) groups is 1. The maximum atomic E-state index is 12.2. The Balaban J connectivity index is 2.17. The molecule has 0 saturated carbocycles. The second-order valence-corrected chi connectivity index (χ2v) is 5.26. The molecule has 1 unspecified atom stereocenters. The molecule has 0 aliphatic carbocycles. The first-order valence-electron chi connectivity index (χ1n) is 5.92. The summed E-state index contributed by atoms with van der Waals surface area (Å²) in [5.74, 6) is 0.400. The minimum atomic E-state index is -0.396. The van der Waals surface area contributed by atoms with Gasteiger partial charge in [-0.1, -0.05) is 0 Å². The van der Waals surface area contributed by atoms with Crippen molar-refractivity contribution in [3.8, 4) is 0 Å². The lowest BCUT2D eigenvalue weighted by molar-refractivity contribution is -0.119. The van der Waals surface area contributed by atoms with Crippen molar-refractivity contribution in [3.63, 3.8) is 0 Å². The molecule has 1 N–H and O–H groups in total. The van der Waals surface area contributed by atoms with E-state index in [2.05, 4.69) is 31.4 Å². The molecule has 0 aliphatic rings. The van der Waals surface area contributed by atoms with Gasteiger partial charge in [0.1, 0.15) is 6.04 Å². The van der Waals surface area contributed by atoms with E-state index < -0.39 is 6.04 Å². The van der Waals surface area contributed by atoms with Crippen molar-refractivity contribution in [2.24, 2.45) is 7.05 Å². The van der Waals surface area contributed by atoms with Crippen molar-refractivity contribution in [1.82, 2.24) is 19.6 Å². The maximum absolute atomic E-state index is 12.2. The Morgan fingerprint density at radius 1 is 1.42 bits per heavy atom. The van der Waals surface area contributed by atoms with Crippen molar-refractivity contribution >= 4 is 27.7 Å². The van der Waals surface area contributed by atoms with E-state index in [1.807, 2.05) is 20.8 Å². The maximum Gasteiger partial charge on any atom is 0.250 e. The van der Waals surface area contributed by atoms with Crippen LogP contribution < -0.4 is 5.32 Å². The molecule has 0 saturated heterocycles. The molecule has 0 fully saturated rings. The summed E-state index contributed by atoms with van der Waals surface area (Å²) in [6, 6.07) is 1.36. The zero-order valence-corrected chi connectivity index (χ0v) is 12.9. The molecule has 102 valence electrons. The SMILES string of the molecule is Cc1nn(C(C)C(=O)Nc2ccn(C)n2)c(C)c1Br. The number of amides is 1. The first kappa shape index (κ1) is 13.8. The van der Waals surface area contributed by atoms with Crippen molar-refractivity contribution in [3.05, 3.63) is 28.1 Å². The number of halogens is 1. The topological polar surface area (TPSA) is 64.7 Å². The Morgan fingerprint density at radius 3 is 2.58 bits per heavy atom. The normalized spacial score (nSPS) is 12.5. The minimum absolute atomic E-state index is 0.142. The fourth-order valence-electron chi connectivity index (χ4n) is 1.84. The van der Waals surface area contributed by atoms with E-state index >= 15 is 0 Å². The molecule has 2 heterocycles. The predicted octanol–water partition coefficient (Wildman–Crippen LogP) is 2.20. The molecule has 1 atom stereocenters. The number of aromatic nitrogens is 4. The third kappa shape index (κ3) is 2.70. The third-order valence-corrected chi connectivity index (χ3v) is 4.10. The zero-order valence-electron chi connectivity index (χ0n) is 11.3. The van der Waals surface area contributed by atoms with E-state index in [0.29, 0.717) is 5.82 Å². The molecule has 1 amide bonds. The Morgan fingerprint density at radius 2 is 2.11 bits per heavy atom. The van der Waals surface area contributed by atoms with Gasteiger partial charge in [0.25, 0.3) is 0 Å². The number of rotatable bonds is 3. The molecule has 0 radical (unpaired) electrons.